The van der Waals surface area contributed by atoms with Gasteiger partial charge in [-0.15, -0.1) is 0 Å². The van der Waals surface area contributed by atoms with E-state index in [-0.39, 0.29) is 0 Å². The quantitative estimate of drug-likeness (QED) is 0.338. The van der Waals surface area contributed by atoms with Crippen LogP contribution in [0.4, 0.5) is 0 Å². The van der Waals surface area contributed by atoms with Gasteiger partial charge in [-0.3, -0.25) is 5.43 Å². The van der Waals surface area contributed by atoms with Gasteiger partial charge in [0.25, 0.3) is 0 Å². The zero-order chi connectivity index (χ0) is 7.11. The second kappa shape index (κ2) is 4.77. The smallest absolute Gasteiger partial charge is 0.145 e. The van der Waals surface area contributed by atoms with Crippen molar-refractivity contribution in [2.75, 3.05) is 0 Å². The first kappa shape index (κ1) is 7.62. The third-order valence-corrected chi connectivity index (χ3v) is 0.617. The number of hydrogen-bond donors (Lipinski definition) is 1. The molecule has 0 radical (unpaired) electrons. The van der Waals surface area contributed by atoms with Crippen molar-refractivity contribution in [1.82, 2.24) is 5.43 Å². The Kier molecular flexibility index (Phi) is 4.04. The van der Waals surface area contributed by atoms with Gasteiger partial charge in [0.2, 0.25) is 0 Å². The third-order valence-electron chi connectivity index (χ3n) is 0.617. The molecular weight excluding hydrogens is 114 g/mol. The molecule has 1 N–H and O–H groups in total. The standard InChI is InChI=1S/C6H9N3/c1-4-6(8-5-2)9-7-3/h4-5H,1-3H2,(H,8,9). The molecule has 0 saturated heterocycles. The summed E-state index contributed by atoms with van der Waals surface area (Å²) in [6.07, 6.45) is 2.92. The van der Waals surface area contributed by atoms with Crippen LogP contribution in [-0.4, -0.2) is 12.6 Å². The molecule has 0 aliphatic carbocycles. The Hall–Kier alpha value is -1.38. The zero-order valence-electron chi connectivity index (χ0n) is 5.17. The summed E-state index contributed by atoms with van der Waals surface area (Å²) in [6.45, 7) is 10.1. The second-order valence-corrected chi connectivity index (χ2v) is 1.17. The Morgan fingerprint density at radius 3 is 2.44 bits per heavy atom. The van der Waals surface area contributed by atoms with Gasteiger partial charge in [-0.2, -0.15) is 5.10 Å². The molecule has 0 aliphatic heterocycles. The Labute approximate surface area is 54.5 Å². The lowest BCUT2D eigenvalue weighted by Crippen LogP contribution is -2.12. The summed E-state index contributed by atoms with van der Waals surface area (Å²) in [4.78, 5) is 3.75. The highest BCUT2D eigenvalue weighted by Crippen LogP contribution is 1.75. The first-order valence-corrected chi connectivity index (χ1v) is 2.38. The van der Waals surface area contributed by atoms with Crippen molar-refractivity contribution in [2.45, 2.75) is 0 Å². The van der Waals surface area contributed by atoms with Gasteiger partial charge >= 0.3 is 0 Å². The van der Waals surface area contributed by atoms with E-state index in [0.717, 1.165) is 0 Å². The molecule has 0 aromatic carbocycles. The van der Waals surface area contributed by atoms with Gasteiger partial charge in [0.05, 0.1) is 0 Å². The minimum Gasteiger partial charge on any atom is -0.262 e. The lowest BCUT2D eigenvalue weighted by Gasteiger charge is -1.93. The van der Waals surface area contributed by atoms with E-state index >= 15 is 0 Å². The molecule has 9 heavy (non-hydrogen) atoms. The van der Waals surface area contributed by atoms with E-state index < -0.39 is 0 Å². The maximum atomic E-state index is 3.75. The van der Waals surface area contributed by atoms with Gasteiger partial charge in [0.1, 0.15) is 5.84 Å². The molecule has 0 spiro atoms. The number of aliphatic imine (C=N–C) groups is 1. The van der Waals surface area contributed by atoms with Gasteiger partial charge in [0, 0.05) is 12.9 Å². The number of nitrogens with zero attached hydrogens (tertiary/aromatic N) is 2. The van der Waals surface area contributed by atoms with Crippen LogP contribution in [0.2, 0.25) is 0 Å². The monoisotopic (exact) mass is 123 g/mol. The van der Waals surface area contributed by atoms with Crippen LogP contribution >= 0.6 is 0 Å². The van der Waals surface area contributed by atoms with Crippen molar-refractivity contribution in [1.29, 1.82) is 0 Å². The number of amidine groups is 1. The Morgan fingerprint density at radius 1 is 1.44 bits per heavy atom. The molecule has 0 amide bonds. The summed E-state index contributed by atoms with van der Waals surface area (Å²) in [7, 11) is 0. The lowest BCUT2D eigenvalue weighted by atomic mass is 10.6. The third kappa shape index (κ3) is 3.22. The number of nitrogens with one attached hydrogen (secondary N) is 1. The molecule has 0 atom stereocenters. The maximum Gasteiger partial charge on any atom is 0.145 e. The minimum absolute atomic E-state index is 0.542. The van der Waals surface area contributed by atoms with Crippen molar-refractivity contribution in [3.05, 3.63) is 25.4 Å². The van der Waals surface area contributed by atoms with Crippen LogP contribution in [-0.2, 0) is 0 Å². The van der Waals surface area contributed by atoms with Crippen molar-refractivity contribution in [3.63, 3.8) is 0 Å². The first-order valence-electron chi connectivity index (χ1n) is 2.38. The van der Waals surface area contributed by atoms with Gasteiger partial charge in [-0.25, -0.2) is 4.99 Å². The van der Waals surface area contributed by atoms with Gasteiger partial charge in [-0.1, -0.05) is 13.2 Å². The van der Waals surface area contributed by atoms with Crippen LogP contribution in [0.3, 0.4) is 0 Å². The molecule has 0 heterocycles. The molecule has 0 fully saturated rings. The minimum atomic E-state index is 0.542. The fourth-order valence-corrected chi connectivity index (χ4v) is 0.307. The fourth-order valence-electron chi connectivity index (χ4n) is 0.307. The molecule has 0 unspecified atom stereocenters. The highest BCUT2D eigenvalue weighted by Gasteiger charge is 1.81. The van der Waals surface area contributed by atoms with E-state index in [1.54, 1.807) is 0 Å². The van der Waals surface area contributed by atoms with Gasteiger partial charge in [-0.05, 0) is 6.08 Å². The van der Waals surface area contributed by atoms with Crippen molar-refractivity contribution in [3.8, 4) is 0 Å². The van der Waals surface area contributed by atoms with Crippen LogP contribution in [0.25, 0.3) is 0 Å². The summed E-state index contributed by atoms with van der Waals surface area (Å²) in [6, 6.07) is 0. The molecule has 0 aromatic heterocycles. The molecule has 0 aromatic rings. The van der Waals surface area contributed by atoms with E-state index in [1.807, 2.05) is 0 Å². The van der Waals surface area contributed by atoms with E-state index in [4.69, 9.17) is 0 Å². The lowest BCUT2D eigenvalue weighted by molar-refractivity contribution is 1.04. The van der Waals surface area contributed by atoms with Crippen LogP contribution in [0.15, 0.2) is 35.5 Å². The molecule has 48 valence electrons. The summed E-state index contributed by atoms with van der Waals surface area (Å²) in [5.74, 6) is 0.542. The normalized spacial score (nSPS) is 10.0. The van der Waals surface area contributed by atoms with Gasteiger partial charge < -0.3 is 0 Å². The fraction of sp³-hybridized carbons (Fsp3) is 0. The Balaban J connectivity index is 3.95. The highest BCUT2D eigenvalue weighted by molar-refractivity contribution is 5.92. The van der Waals surface area contributed by atoms with Crippen LogP contribution < -0.4 is 5.43 Å². The first-order chi connectivity index (χ1) is 4.35. The van der Waals surface area contributed by atoms with E-state index in [1.165, 1.54) is 12.3 Å². The summed E-state index contributed by atoms with van der Waals surface area (Å²) >= 11 is 0. The molecule has 0 bridgehead atoms. The topological polar surface area (TPSA) is 36.8 Å². The molecule has 0 rings (SSSR count). The van der Waals surface area contributed by atoms with Crippen LogP contribution in [0.1, 0.15) is 0 Å². The predicted octanol–water partition coefficient (Wildman–Crippen LogP) is 0.920. The summed E-state index contributed by atoms with van der Waals surface area (Å²) in [5, 5.41) is 3.38. The van der Waals surface area contributed by atoms with Crippen molar-refractivity contribution in [2.24, 2.45) is 10.1 Å². The highest BCUT2D eigenvalue weighted by atomic mass is 15.3. The number of hydrogen-bond acceptors (Lipinski definition) is 2. The number of hydrazone groups is 1. The van der Waals surface area contributed by atoms with E-state index in [9.17, 15) is 0 Å². The SMILES string of the molecule is C=CN=C(C=C)NN=C. The Morgan fingerprint density at radius 2 is 2.11 bits per heavy atom. The molecular formula is C6H9N3. The average Bonchev–Trinajstić information content (AvgIpc) is 1.88. The number of rotatable bonds is 3. The predicted molar refractivity (Wildman–Crippen MR) is 40.5 cm³/mol. The summed E-state index contributed by atoms with van der Waals surface area (Å²) < 4.78 is 0. The molecule has 3 heteroatoms. The van der Waals surface area contributed by atoms with Crippen molar-refractivity contribution < 1.29 is 0 Å². The Bertz CT molecular complexity index is 146. The zero-order valence-corrected chi connectivity index (χ0v) is 5.17. The molecule has 0 saturated carbocycles. The molecule has 0 aliphatic rings. The average molecular weight is 123 g/mol. The van der Waals surface area contributed by atoms with Gasteiger partial charge in [0.15, 0.2) is 0 Å². The van der Waals surface area contributed by atoms with E-state index in [2.05, 4.69) is 35.4 Å². The summed E-state index contributed by atoms with van der Waals surface area (Å²) in [5.41, 5.74) is 2.51. The van der Waals surface area contributed by atoms with Crippen LogP contribution in [0, 0.1) is 0 Å². The second-order valence-electron chi connectivity index (χ2n) is 1.17. The van der Waals surface area contributed by atoms with Crippen molar-refractivity contribution >= 4 is 12.6 Å². The largest absolute Gasteiger partial charge is 0.262 e. The maximum absolute atomic E-state index is 3.75. The van der Waals surface area contributed by atoms with E-state index in [0.29, 0.717) is 5.84 Å². The molecule has 3 nitrogen and oxygen atoms in total. The van der Waals surface area contributed by atoms with Crippen LogP contribution in [0.5, 0.6) is 0 Å².